The molecule has 0 spiro atoms. The van der Waals surface area contributed by atoms with E-state index in [0.29, 0.717) is 11.9 Å². The summed E-state index contributed by atoms with van der Waals surface area (Å²) in [7, 11) is -3.49. The molecule has 134 valence electrons. The van der Waals surface area contributed by atoms with E-state index in [1.807, 2.05) is 13.0 Å². The molecule has 0 N–H and O–H groups in total. The largest absolute Gasteiger partial charge is 0.484 e. The minimum Gasteiger partial charge on any atom is -0.484 e. The van der Waals surface area contributed by atoms with Gasteiger partial charge < -0.3 is 14.0 Å². The minimum absolute atomic E-state index is 0.170. The van der Waals surface area contributed by atoms with Crippen LogP contribution in [0.5, 0.6) is 0 Å². The van der Waals surface area contributed by atoms with E-state index in [0.717, 1.165) is 0 Å². The van der Waals surface area contributed by atoms with Crippen molar-refractivity contribution in [2.45, 2.75) is 39.4 Å². The highest BCUT2D eigenvalue weighted by Gasteiger charge is 2.48. The van der Waals surface area contributed by atoms with Crippen molar-refractivity contribution in [2.24, 2.45) is 4.99 Å². The first-order valence-corrected chi connectivity index (χ1v) is 9.67. The lowest BCUT2D eigenvalue weighted by Gasteiger charge is -2.33. The second kappa shape index (κ2) is 9.60. The summed E-state index contributed by atoms with van der Waals surface area (Å²) in [4.78, 5) is 16.4. The lowest BCUT2D eigenvalue weighted by Crippen LogP contribution is -2.33. The quantitative estimate of drug-likeness (QED) is 0.278. The van der Waals surface area contributed by atoms with Gasteiger partial charge in [0.05, 0.1) is 26.2 Å². The molecule has 0 aromatic heterocycles. The zero-order valence-corrected chi connectivity index (χ0v) is 15.6. The van der Waals surface area contributed by atoms with Gasteiger partial charge in [-0.2, -0.15) is 0 Å². The van der Waals surface area contributed by atoms with E-state index in [9.17, 15) is 9.36 Å². The van der Waals surface area contributed by atoms with Gasteiger partial charge in [0.2, 0.25) is 0 Å². The summed E-state index contributed by atoms with van der Waals surface area (Å²) >= 11 is 0. The van der Waals surface area contributed by atoms with E-state index in [1.54, 1.807) is 45.0 Å². The Hall–Kier alpha value is -1.65. The van der Waals surface area contributed by atoms with E-state index < -0.39 is 18.6 Å². The van der Waals surface area contributed by atoms with Crippen molar-refractivity contribution in [3.05, 3.63) is 30.3 Å². The number of nitrogens with zero attached hydrogens (tertiary/aromatic N) is 1. The van der Waals surface area contributed by atoms with Crippen LogP contribution in [0, 0.1) is 0 Å². The standard InChI is InChI=1S/C17H26NO5P/c1-5-21-14-18-17(4,13-16(19)22-6-2)24(20,23-7-3)15-11-9-8-10-12-15/h8-12,14H,5-7,13H2,1-4H3/b18-14+/t17-,24?/m1/s1. The summed E-state index contributed by atoms with van der Waals surface area (Å²) in [5.41, 5.74) is 0. The molecule has 0 saturated heterocycles. The van der Waals surface area contributed by atoms with E-state index in [2.05, 4.69) is 4.99 Å². The van der Waals surface area contributed by atoms with Crippen LogP contribution < -0.4 is 5.30 Å². The first-order valence-electron chi connectivity index (χ1n) is 8.04. The van der Waals surface area contributed by atoms with Gasteiger partial charge in [0, 0.05) is 5.30 Å². The van der Waals surface area contributed by atoms with Gasteiger partial charge in [0.1, 0.15) is 0 Å². The average molecular weight is 355 g/mol. The van der Waals surface area contributed by atoms with Crippen LogP contribution in [0.25, 0.3) is 0 Å². The zero-order valence-electron chi connectivity index (χ0n) is 14.7. The van der Waals surface area contributed by atoms with Crippen molar-refractivity contribution >= 4 is 25.0 Å². The molecule has 0 fully saturated rings. The third kappa shape index (κ3) is 4.92. The molecule has 0 saturated carbocycles. The van der Waals surface area contributed by atoms with Gasteiger partial charge in [0.25, 0.3) is 7.37 Å². The molecule has 2 atom stereocenters. The van der Waals surface area contributed by atoms with Gasteiger partial charge in [-0.05, 0) is 39.8 Å². The molecule has 1 aromatic rings. The molecule has 1 rings (SSSR count). The Morgan fingerprint density at radius 1 is 1.17 bits per heavy atom. The van der Waals surface area contributed by atoms with E-state index >= 15 is 0 Å². The monoisotopic (exact) mass is 355 g/mol. The van der Waals surface area contributed by atoms with Crippen molar-refractivity contribution in [1.82, 2.24) is 0 Å². The van der Waals surface area contributed by atoms with Crippen molar-refractivity contribution < 1.29 is 23.4 Å². The molecular weight excluding hydrogens is 329 g/mol. The lowest BCUT2D eigenvalue weighted by molar-refractivity contribution is -0.143. The third-order valence-electron chi connectivity index (χ3n) is 3.40. The van der Waals surface area contributed by atoms with E-state index in [1.165, 1.54) is 6.40 Å². The van der Waals surface area contributed by atoms with Crippen LogP contribution in [0.15, 0.2) is 35.3 Å². The van der Waals surface area contributed by atoms with Gasteiger partial charge >= 0.3 is 5.97 Å². The van der Waals surface area contributed by atoms with Crippen LogP contribution >= 0.6 is 7.37 Å². The summed E-state index contributed by atoms with van der Waals surface area (Å²) < 4.78 is 29.6. The molecule has 1 unspecified atom stereocenters. The maximum Gasteiger partial charge on any atom is 0.308 e. The topological polar surface area (TPSA) is 74.2 Å². The summed E-state index contributed by atoms with van der Waals surface area (Å²) in [6.07, 6.45) is 1.06. The molecule has 0 bridgehead atoms. The van der Waals surface area contributed by atoms with Gasteiger partial charge in [-0.1, -0.05) is 18.2 Å². The summed E-state index contributed by atoms with van der Waals surface area (Å²) in [5.74, 6) is -0.482. The van der Waals surface area contributed by atoms with Gasteiger partial charge in [-0.25, -0.2) is 4.99 Å². The molecule has 0 radical (unpaired) electrons. The van der Waals surface area contributed by atoms with Crippen LogP contribution in [0.1, 0.15) is 34.1 Å². The van der Waals surface area contributed by atoms with Gasteiger partial charge in [-0.15, -0.1) is 0 Å². The SMILES string of the molecule is CCO/C=N/[C@@](C)(CC(=O)OCC)P(=O)(OCC)c1ccccc1. The fraction of sp³-hybridized carbons (Fsp3) is 0.529. The predicted octanol–water partition coefficient (Wildman–Crippen LogP) is 3.36. The fourth-order valence-corrected chi connectivity index (χ4v) is 4.68. The third-order valence-corrected chi connectivity index (χ3v) is 6.54. The molecule has 1 aromatic carbocycles. The second-order valence-corrected chi connectivity index (χ2v) is 8.03. The number of hydrogen-bond acceptors (Lipinski definition) is 6. The molecule has 0 aliphatic rings. The highest BCUT2D eigenvalue weighted by molar-refractivity contribution is 7.68. The molecule has 24 heavy (non-hydrogen) atoms. The Kier molecular flexibility index (Phi) is 8.16. The number of ether oxygens (including phenoxy) is 2. The minimum atomic E-state index is -3.49. The van der Waals surface area contributed by atoms with Crippen LogP contribution in [0.3, 0.4) is 0 Å². The second-order valence-electron chi connectivity index (χ2n) is 5.19. The number of rotatable bonds is 10. The highest BCUT2D eigenvalue weighted by atomic mass is 31.2. The predicted molar refractivity (Wildman–Crippen MR) is 95.1 cm³/mol. The first-order chi connectivity index (χ1) is 11.4. The molecule has 0 aliphatic carbocycles. The Morgan fingerprint density at radius 3 is 2.38 bits per heavy atom. The number of esters is 1. The van der Waals surface area contributed by atoms with Crippen LogP contribution in [-0.2, 0) is 23.4 Å². The van der Waals surface area contributed by atoms with Crippen LogP contribution in [-0.4, -0.2) is 37.5 Å². The Morgan fingerprint density at radius 2 is 1.83 bits per heavy atom. The van der Waals surface area contributed by atoms with Gasteiger partial charge in [0.15, 0.2) is 11.7 Å². The lowest BCUT2D eigenvalue weighted by atomic mass is 10.2. The summed E-state index contributed by atoms with van der Waals surface area (Å²) in [6, 6.07) is 8.81. The van der Waals surface area contributed by atoms with Crippen molar-refractivity contribution in [3.8, 4) is 0 Å². The highest BCUT2D eigenvalue weighted by Crippen LogP contribution is 2.60. The van der Waals surface area contributed by atoms with E-state index in [4.69, 9.17) is 14.0 Å². The van der Waals surface area contributed by atoms with Crippen molar-refractivity contribution in [1.29, 1.82) is 0 Å². The van der Waals surface area contributed by atoms with Crippen LogP contribution in [0.4, 0.5) is 0 Å². The number of aliphatic imine (C=N–C) groups is 1. The number of benzene rings is 1. The molecular formula is C17H26NO5P. The van der Waals surface area contributed by atoms with Crippen molar-refractivity contribution in [2.75, 3.05) is 19.8 Å². The number of carbonyl (C=O) groups is 1. The molecule has 7 heteroatoms. The molecule has 6 nitrogen and oxygen atoms in total. The zero-order chi connectivity index (χ0) is 18.1. The maximum atomic E-state index is 13.8. The van der Waals surface area contributed by atoms with E-state index in [-0.39, 0.29) is 19.6 Å². The number of carbonyl (C=O) groups excluding carboxylic acids is 1. The Balaban J connectivity index is 3.35. The first kappa shape index (κ1) is 20.4. The summed E-state index contributed by atoms with van der Waals surface area (Å²) in [5, 5.41) is -0.807. The van der Waals surface area contributed by atoms with Crippen molar-refractivity contribution in [3.63, 3.8) is 0 Å². The fourth-order valence-electron chi connectivity index (χ4n) is 2.23. The Labute approximate surface area is 143 Å². The van der Waals surface area contributed by atoms with Crippen LogP contribution in [0.2, 0.25) is 0 Å². The Bertz CT molecular complexity index is 590. The normalized spacial score (nSPS) is 16.3. The molecule has 0 amide bonds. The summed E-state index contributed by atoms with van der Waals surface area (Å²) in [6.45, 7) is 7.81. The smallest absolute Gasteiger partial charge is 0.308 e. The average Bonchev–Trinajstić information content (AvgIpc) is 2.56. The maximum absolute atomic E-state index is 13.8. The molecule has 0 heterocycles. The van der Waals surface area contributed by atoms with Gasteiger partial charge in [-0.3, -0.25) is 9.36 Å². The molecule has 0 aliphatic heterocycles. The number of hydrogen-bond donors (Lipinski definition) is 0.